The fourth-order valence-electron chi connectivity index (χ4n) is 1.32. The van der Waals surface area contributed by atoms with E-state index < -0.39 is 52.1 Å². The van der Waals surface area contributed by atoms with E-state index in [4.69, 9.17) is 0 Å². The van der Waals surface area contributed by atoms with Crippen molar-refractivity contribution < 1.29 is 34.4 Å². The van der Waals surface area contributed by atoms with Gasteiger partial charge in [0.15, 0.2) is 9.84 Å². The summed E-state index contributed by atoms with van der Waals surface area (Å²) in [5.74, 6) is -2.21. The molecule has 0 aliphatic carbocycles. The summed E-state index contributed by atoms with van der Waals surface area (Å²) in [4.78, 5) is 0. The summed E-state index contributed by atoms with van der Waals surface area (Å²) in [6, 6.07) is 0. The Hall–Kier alpha value is -0.230. The van der Waals surface area contributed by atoms with E-state index in [1.54, 1.807) is 0 Å². The highest BCUT2D eigenvalue weighted by Crippen LogP contribution is 2.24. The van der Waals surface area contributed by atoms with Gasteiger partial charge >= 0.3 is 0 Å². The van der Waals surface area contributed by atoms with Crippen molar-refractivity contribution in [1.82, 2.24) is 0 Å². The lowest BCUT2D eigenvalue weighted by molar-refractivity contribution is 0.431. The second kappa shape index (κ2) is 3.38. The molecule has 1 rings (SSSR count). The molecular formula is C4H6O8S3-2. The summed E-state index contributed by atoms with van der Waals surface area (Å²) in [5.41, 5.74) is 0. The van der Waals surface area contributed by atoms with Gasteiger partial charge in [0, 0.05) is 0 Å². The molecule has 2 atom stereocenters. The molecule has 0 saturated carbocycles. The quantitative estimate of drug-likeness (QED) is 0.493. The zero-order valence-electron chi connectivity index (χ0n) is 7.06. The lowest BCUT2D eigenvalue weighted by Crippen LogP contribution is -2.38. The Kier molecular flexibility index (Phi) is 2.89. The number of rotatable bonds is 2. The average molecular weight is 278 g/mol. The van der Waals surface area contributed by atoms with Gasteiger partial charge in [-0.2, -0.15) is 0 Å². The van der Waals surface area contributed by atoms with Crippen LogP contribution in [0, 0.1) is 0 Å². The van der Waals surface area contributed by atoms with Crippen LogP contribution in [-0.4, -0.2) is 56.4 Å². The molecule has 1 aliphatic rings. The van der Waals surface area contributed by atoms with Crippen molar-refractivity contribution in [1.29, 1.82) is 0 Å². The van der Waals surface area contributed by atoms with E-state index in [-0.39, 0.29) is 0 Å². The standard InChI is InChI=1S/C4H8O8S3/c5-13(6)1-3(14(7,8)9)4(2-13)15(10,11)12/h3-4H,1-2H2,(H,7,8,9)(H,10,11,12)/p-2/t3-,4-/m0/s1. The largest absolute Gasteiger partial charge is 0.748 e. The number of hydrogen-bond donors (Lipinski definition) is 0. The van der Waals surface area contributed by atoms with E-state index in [9.17, 15) is 34.4 Å². The molecule has 11 heteroatoms. The molecule has 0 N–H and O–H groups in total. The molecule has 0 aromatic heterocycles. The zero-order chi connectivity index (χ0) is 12.1. The molecule has 15 heavy (non-hydrogen) atoms. The smallest absolute Gasteiger partial charge is 0.152 e. The van der Waals surface area contributed by atoms with E-state index in [1.807, 2.05) is 0 Å². The van der Waals surface area contributed by atoms with Crippen LogP contribution in [0.3, 0.4) is 0 Å². The Labute approximate surface area is 86.7 Å². The monoisotopic (exact) mass is 278 g/mol. The Morgan fingerprint density at radius 3 is 1.33 bits per heavy atom. The van der Waals surface area contributed by atoms with E-state index in [0.29, 0.717) is 0 Å². The molecular weight excluding hydrogens is 272 g/mol. The van der Waals surface area contributed by atoms with Gasteiger partial charge in [-0.1, -0.05) is 0 Å². The van der Waals surface area contributed by atoms with Gasteiger partial charge in [-0.3, -0.25) is 0 Å². The third-order valence-corrected chi connectivity index (χ3v) is 6.79. The van der Waals surface area contributed by atoms with Crippen molar-refractivity contribution in [2.45, 2.75) is 10.5 Å². The van der Waals surface area contributed by atoms with E-state index in [1.165, 1.54) is 0 Å². The van der Waals surface area contributed by atoms with Gasteiger partial charge in [-0.05, 0) is 0 Å². The first-order chi connectivity index (χ1) is 6.43. The van der Waals surface area contributed by atoms with Crippen molar-refractivity contribution in [2.75, 3.05) is 11.5 Å². The summed E-state index contributed by atoms with van der Waals surface area (Å²) in [7, 11) is -14.2. The van der Waals surface area contributed by atoms with Crippen LogP contribution in [0.1, 0.15) is 0 Å². The van der Waals surface area contributed by atoms with Gasteiger partial charge in [0.05, 0.1) is 42.2 Å². The van der Waals surface area contributed by atoms with Crippen LogP contribution in [-0.2, 0) is 30.1 Å². The van der Waals surface area contributed by atoms with Crippen LogP contribution in [0.15, 0.2) is 0 Å². The SMILES string of the molecule is O=S1(=O)C[C@H](S(=O)(=O)[O-])[C@@H](S(=O)(=O)[O-])C1. The molecule has 1 saturated heterocycles. The topological polar surface area (TPSA) is 149 Å². The average Bonchev–Trinajstić information content (AvgIpc) is 2.23. The molecule has 0 amide bonds. The molecule has 0 bridgehead atoms. The van der Waals surface area contributed by atoms with Crippen molar-refractivity contribution >= 4 is 30.1 Å². The second-order valence-corrected chi connectivity index (χ2v) is 8.48. The lowest BCUT2D eigenvalue weighted by Gasteiger charge is -2.23. The van der Waals surface area contributed by atoms with E-state index in [2.05, 4.69) is 0 Å². The molecule has 0 aromatic rings. The summed E-state index contributed by atoms with van der Waals surface area (Å²) < 4.78 is 85.2. The maximum Gasteiger partial charge on any atom is 0.152 e. The third kappa shape index (κ3) is 2.87. The molecule has 0 spiro atoms. The van der Waals surface area contributed by atoms with Crippen molar-refractivity contribution in [3.63, 3.8) is 0 Å². The minimum Gasteiger partial charge on any atom is -0.748 e. The summed E-state index contributed by atoms with van der Waals surface area (Å²) >= 11 is 0. The Balaban J connectivity index is 3.29. The first-order valence-corrected chi connectivity index (χ1v) is 8.30. The first kappa shape index (κ1) is 12.8. The second-order valence-electron chi connectivity index (χ2n) is 3.14. The van der Waals surface area contributed by atoms with Gasteiger partial charge in [0.25, 0.3) is 0 Å². The maximum atomic E-state index is 10.9. The van der Waals surface area contributed by atoms with Crippen LogP contribution >= 0.6 is 0 Å². The highest BCUT2D eigenvalue weighted by Gasteiger charge is 2.45. The minimum atomic E-state index is -5.11. The van der Waals surface area contributed by atoms with Gasteiger partial charge < -0.3 is 9.11 Å². The predicted octanol–water partition coefficient (Wildman–Crippen LogP) is -2.76. The van der Waals surface area contributed by atoms with Gasteiger partial charge in [0.1, 0.15) is 0 Å². The normalized spacial score (nSPS) is 31.6. The molecule has 90 valence electrons. The fourth-order valence-corrected chi connectivity index (χ4v) is 7.50. The zero-order valence-corrected chi connectivity index (χ0v) is 9.51. The van der Waals surface area contributed by atoms with Crippen molar-refractivity contribution in [3.8, 4) is 0 Å². The van der Waals surface area contributed by atoms with Crippen LogP contribution in [0.25, 0.3) is 0 Å². The molecule has 1 aliphatic heterocycles. The Morgan fingerprint density at radius 1 is 0.867 bits per heavy atom. The van der Waals surface area contributed by atoms with E-state index in [0.717, 1.165) is 0 Å². The summed E-state index contributed by atoms with van der Waals surface area (Å²) in [6.45, 7) is 0. The third-order valence-electron chi connectivity index (χ3n) is 1.99. The van der Waals surface area contributed by atoms with Crippen molar-refractivity contribution in [3.05, 3.63) is 0 Å². The fraction of sp³-hybridized carbons (Fsp3) is 1.00. The molecule has 1 heterocycles. The van der Waals surface area contributed by atoms with E-state index >= 15 is 0 Å². The maximum absolute atomic E-state index is 10.9. The van der Waals surface area contributed by atoms with Crippen molar-refractivity contribution in [2.24, 2.45) is 0 Å². The van der Waals surface area contributed by atoms with Crippen LogP contribution < -0.4 is 0 Å². The van der Waals surface area contributed by atoms with Crippen LogP contribution in [0.2, 0.25) is 0 Å². The summed E-state index contributed by atoms with van der Waals surface area (Å²) in [6.07, 6.45) is 0. The highest BCUT2D eigenvalue weighted by atomic mass is 32.2. The minimum absolute atomic E-state index is 1.11. The predicted molar refractivity (Wildman–Crippen MR) is 45.6 cm³/mol. The first-order valence-electron chi connectivity index (χ1n) is 3.53. The molecule has 0 unspecified atom stereocenters. The Morgan fingerprint density at radius 2 is 1.13 bits per heavy atom. The number of hydrogen-bond acceptors (Lipinski definition) is 8. The Bertz CT molecular complexity index is 505. The highest BCUT2D eigenvalue weighted by molar-refractivity contribution is 7.97. The van der Waals surface area contributed by atoms with Gasteiger partial charge in [0.2, 0.25) is 0 Å². The molecule has 0 aromatic carbocycles. The molecule has 1 fully saturated rings. The molecule has 8 nitrogen and oxygen atoms in total. The van der Waals surface area contributed by atoms with Gasteiger partial charge in [-0.15, -0.1) is 0 Å². The van der Waals surface area contributed by atoms with Gasteiger partial charge in [-0.25, -0.2) is 25.3 Å². The summed E-state index contributed by atoms with van der Waals surface area (Å²) in [5, 5.41) is -4.38. The van der Waals surface area contributed by atoms with Crippen LogP contribution in [0.4, 0.5) is 0 Å². The van der Waals surface area contributed by atoms with Crippen LogP contribution in [0.5, 0.6) is 0 Å². The molecule has 0 radical (unpaired) electrons. The number of sulfone groups is 1. The lowest BCUT2D eigenvalue weighted by atomic mass is 10.4.